The molecule has 0 atom stereocenters. The minimum atomic E-state index is 0.101. The van der Waals surface area contributed by atoms with Crippen LogP contribution in [-0.2, 0) is 4.79 Å². The molecule has 1 fully saturated rings. The molecule has 1 amide bonds. The first kappa shape index (κ1) is 15.5. The van der Waals surface area contributed by atoms with Gasteiger partial charge in [-0.15, -0.1) is 0 Å². The maximum absolute atomic E-state index is 11.4. The number of likely N-dealkylation sites (tertiary alicyclic amines) is 1. The number of rotatable bonds is 3. The van der Waals surface area contributed by atoms with Crippen LogP contribution in [0, 0.1) is 0 Å². The van der Waals surface area contributed by atoms with Gasteiger partial charge in [-0.3, -0.25) is 4.79 Å². The highest BCUT2D eigenvalue weighted by atomic mass is 16.5. The van der Waals surface area contributed by atoms with Crippen LogP contribution in [0.15, 0.2) is 39.4 Å². The van der Waals surface area contributed by atoms with Crippen LogP contribution in [0.1, 0.15) is 31.6 Å². The Morgan fingerprint density at radius 2 is 1.76 bits per heavy atom. The molecule has 1 aromatic carbocycles. The molecule has 2 aromatic heterocycles. The molecule has 1 saturated heterocycles. The fourth-order valence-corrected chi connectivity index (χ4v) is 2.95. The summed E-state index contributed by atoms with van der Waals surface area (Å²) in [6.45, 7) is 3.00. The van der Waals surface area contributed by atoms with E-state index in [1.165, 1.54) is 0 Å². The van der Waals surface area contributed by atoms with Gasteiger partial charge in [0.15, 0.2) is 0 Å². The fourth-order valence-electron chi connectivity index (χ4n) is 2.95. The van der Waals surface area contributed by atoms with Gasteiger partial charge >= 0.3 is 0 Å². The van der Waals surface area contributed by atoms with E-state index in [0.717, 1.165) is 18.4 Å². The van der Waals surface area contributed by atoms with Gasteiger partial charge < -0.3 is 13.9 Å². The Morgan fingerprint density at radius 1 is 1.04 bits per heavy atom. The molecule has 8 heteroatoms. The van der Waals surface area contributed by atoms with Crippen molar-refractivity contribution in [2.45, 2.75) is 25.7 Å². The highest BCUT2D eigenvalue weighted by Crippen LogP contribution is 2.28. The second-order valence-electron chi connectivity index (χ2n) is 6.03. The minimum Gasteiger partial charge on any atom is -0.343 e. The standard InChI is InChI=1S/C17H17N5O3/c1-11(23)22-9-7-13(8-10-22)16-19-15(21-24-16)17-18-14(20-25-17)12-5-3-2-4-6-12/h2-6,13H,7-10H2,1H3. The Bertz CT molecular complexity index is 865. The van der Waals surface area contributed by atoms with Gasteiger partial charge in [-0.25, -0.2) is 0 Å². The van der Waals surface area contributed by atoms with Gasteiger partial charge in [-0.1, -0.05) is 40.6 Å². The molecule has 128 valence electrons. The molecular weight excluding hydrogens is 322 g/mol. The molecule has 0 radical (unpaired) electrons. The lowest BCUT2D eigenvalue weighted by Gasteiger charge is -2.29. The highest BCUT2D eigenvalue weighted by Gasteiger charge is 2.27. The van der Waals surface area contributed by atoms with E-state index in [1.807, 2.05) is 35.2 Å². The van der Waals surface area contributed by atoms with E-state index >= 15 is 0 Å². The van der Waals surface area contributed by atoms with Crippen LogP contribution in [0.5, 0.6) is 0 Å². The molecule has 3 aromatic rings. The van der Waals surface area contributed by atoms with E-state index < -0.39 is 0 Å². The van der Waals surface area contributed by atoms with Crippen LogP contribution in [0.4, 0.5) is 0 Å². The second kappa shape index (κ2) is 6.46. The molecule has 0 N–H and O–H groups in total. The highest BCUT2D eigenvalue weighted by molar-refractivity contribution is 5.73. The van der Waals surface area contributed by atoms with Crippen LogP contribution in [0.2, 0.25) is 0 Å². The summed E-state index contributed by atoms with van der Waals surface area (Å²) in [5.74, 6) is 1.81. The molecule has 8 nitrogen and oxygen atoms in total. The maximum atomic E-state index is 11.4. The monoisotopic (exact) mass is 339 g/mol. The number of nitrogens with zero attached hydrogens (tertiary/aromatic N) is 5. The van der Waals surface area contributed by atoms with Crippen molar-refractivity contribution in [1.29, 1.82) is 0 Å². The molecule has 0 saturated carbocycles. The first-order valence-corrected chi connectivity index (χ1v) is 8.19. The van der Waals surface area contributed by atoms with Gasteiger partial charge in [0.25, 0.3) is 11.7 Å². The Kier molecular flexibility index (Phi) is 4.01. The lowest BCUT2D eigenvalue weighted by Crippen LogP contribution is -2.36. The van der Waals surface area contributed by atoms with E-state index in [9.17, 15) is 4.79 Å². The second-order valence-corrected chi connectivity index (χ2v) is 6.03. The van der Waals surface area contributed by atoms with Gasteiger partial charge in [-0.05, 0) is 12.8 Å². The third-order valence-corrected chi connectivity index (χ3v) is 4.38. The normalized spacial score (nSPS) is 15.5. The average molecular weight is 339 g/mol. The van der Waals surface area contributed by atoms with Gasteiger partial charge in [0, 0.05) is 31.5 Å². The van der Waals surface area contributed by atoms with Crippen molar-refractivity contribution in [2.24, 2.45) is 0 Å². The van der Waals surface area contributed by atoms with E-state index in [4.69, 9.17) is 9.05 Å². The summed E-state index contributed by atoms with van der Waals surface area (Å²) in [6.07, 6.45) is 1.61. The van der Waals surface area contributed by atoms with Crippen molar-refractivity contribution in [3.63, 3.8) is 0 Å². The fraction of sp³-hybridized carbons (Fsp3) is 0.353. The Hall–Kier alpha value is -3.03. The molecule has 0 spiro atoms. The molecule has 0 bridgehead atoms. The first-order chi connectivity index (χ1) is 12.2. The van der Waals surface area contributed by atoms with Crippen molar-refractivity contribution >= 4 is 5.91 Å². The predicted octanol–water partition coefficient (Wildman–Crippen LogP) is 2.51. The number of hydrogen-bond donors (Lipinski definition) is 0. The van der Waals surface area contributed by atoms with Gasteiger partial charge in [-0.2, -0.15) is 9.97 Å². The van der Waals surface area contributed by atoms with E-state index in [1.54, 1.807) is 6.92 Å². The Morgan fingerprint density at radius 3 is 2.48 bits per heavy atom. The summed E-state index contributed by atoms with van der Waals surface area (Å²) in [5.41, 5.74) is 0.859. The van der Waals surface area contributed by atoms with Gasteiger partial charge in [0.05, 0.1) is 0 Å². The van der Waals surface area contributed by atoms with Crippen molar-refractivity contribution < 1.29 is 13.8 Å². The average Bonchev–Trinajstić information content (AvgIpc) is 3.32. The Balaban J connectivity index is 1.49. The van der Waals surface area contributed by atoms with Gasteiger partial charge in [0.1, 0.15) is 0 Å². The number of amides is 1. The summed E-state index contributed by atoms with van der Waals surface area (Å²) in [4.78, 5) is 22.0. The lowest BCUT2D eigenvalue weighted by molar-refractivity contribution is -0.129. The molecule has 25 heavy (non-hydrogen) atoms. The van der Waals surface area contributed by atoms with Gasteiger partial charge in [0.2, 0.25) is 17.6 Å². The number of carbonyl (C=O) groups is 1. The smallest absolute Gasteiger partial charge is 0.299 e. The van der Waals surface area contributed by atoms with E-state index in [2.05, 4.69) is 20.3 Å². The number of hydrogen-bond acceptors (Lipinski definition) is 7. The van der Waals surface area contributed by atoms with Crippen molar-refractivity contribution in [1.82, 2.24) is 25.2 Å². The summed E-state index contributed by atoms with van der Waals surface area (Å²) >= 11 is 0. The molecule has 1 aliphatic heterocycles. The summed E-state index contributed by atoms with van der Waals surface area (Å²) in [5, 5.41) is 7.92. The van der Waals surface area contributed by atoms with E-state index in [0.29, 0.717) is 30.6 Å². The number of carbonyl (C=O) groups excluding carboxylic acids is 1. The topological polar surface area (TPSA) is 98.2 Å². The SMILES string of the molecule is CC(=O)N1CCC(c2nc(-c3nc(-c4ccccc4)no3)no2)CC1. The molecule has 4 rings (SSSR count). The van der Waals surface area contributed by atoms with Crippen LogP contribution in [0.25, 0.3) is 23.1 Å². The molecule has 0 aliphatic carbocycles. The number of piperidine rings is 1. The van der Waals surface area contributed by atoms with Crippen molar-refractivity contribution in [2.75, 3.05) is 13.1 Å². The molecular formula is C17H17N5O3. The largest absolute Gasteiger partial charge is 0.343 e. The molecule has 0 unspecified atom stereocenters. The summed E-state index contributed by atoms with van der Waals surface area (Å²) < 4.78 is 10.6. The quantitative estimate of drug-likeness (QED) is 0.723. The third-order valence-electron chi connectivity index (χ3n) is 4.38. The summed E-state index contributed by atoms with van der Waals surface area (Å²) in [7, 11) is 0. The minimum absolute atomic E-state index is 0.101. The van der Waals surface area contributed by atoms with Crippen LogP contribution < -0.4 is 0 Å². The summed E-state index contributed by atoms with van der Waals surface area (Å²) in [6, 6.07) is 9.54. The number of benzene rings is 1. The van der Waals surface area contributed by atoms with E-state index in [-0.39, 0.29) is 17.7 Å². The lowest BCUT2D eigenvalue weighted by atomic mass is 9.97. The van der Waals surface area contributed by atoms with Crippen molar-refractivity contribution in [3.05, 3.63) is 36.2 Å². The zero-order valence-corrected chi connectivity index (χ0v) is 13.8. The van der Waals surface area contributed by atoms with Crippen LogP contribution in [0.3, 0.4) is 0 Å². The molecule has 3 heterocycles. The Labute approximate surface area is 143 Å². The third kappa shape index (κ3) is 3.15. The van der Waals surface area contributed by atoms with Crippen LogP contribution >= 0.6 is 0 Å². The van der Waals surface area contributed by atoms with Crippen molar-refractivity contribution in [3.8, 4) is 23.1 Å². The van der Waals surface area contributed by atoms with Crippen LogP contribution in [-0.4, -0.2) is 44.2 Å². The maximum Gasteiger partial charge on any atom is 0.299 e. The zero-order valence-electron chi connectivity index (χ0n) is 13.8. The molecule has 1 aliphatic rings. The zero-order chi connectivity index (χ0) is 17.2. The first-order valence-electron chi connectivity index (χ1n) is 8.19. The predicted molar refractivity (Wildman–Crippen MR) is 87.3 cm³/mol. The number of aromatic nitrogens is 4.